The molecule has 0 atom stereocenters. The minimum atomic E-state index is -0.164. The zero-order valence-electron chi connectivity index (χ0n) is 11.1. The molecule has 0 unspecified atom stereocenters. The first-order chi connectivity index (χ1) is 10.3. The molecule has 1 aromatic carbocycles. The summed E-state index contributed by atoms with van der Waals surface area (Å²) in [6.45, 7) is 0.258. The number of pyridine rings is 1. The summed E-state index contributed by atoms with van der Waals surface area (Å²) in [5.41, 5.74) is 1.87. The fourth-order valence-electron chi connectivity index (χ4n) is 1.99. The van der Waals surface area contributed by atoms with E-state index in [-0.39, 0.29) is 19.1 Å². The highest BCUT2D eigenvalue weighted by Crippen LogP contribution is 2.26. The average Bonchev–Trinajstić information content (AvgIpc) is 2.85. The molecule has 2 N–H and O–H groups in total. The smallest absolute Gasteiger partial charge is 0.264 e. The van der Waals surface area contributed by atoms with E-state index in [0.29, 0.717) is 10.1 Å². The number of aliphatic hydroxyl groups is 1. The van der Waals surface area contributed by atoms with Gasteiger partial charge in [-0.05, 0) is 41.6 Å². The van der Waals surface area contributed by atoms with Crippen molar-refractivity contribution in [3.05, 3.63) is 47.0 Å². The summed E-state index contributed by atoms with van der Waals surface area (Å²) < 4.78 is 0. The van der Waals surface area contributed by atoms with E-state index < -0.39 is 0 Å². The number of hydrogen-bond acceptors (Lipinski definition) is 5. The Morgan fingerprint density at radius 1 is 1.38 bits per heavy atom. The third-order valence-corrected chi connectivity index (χ3v) is 3.88. The van der Waals surface area contributed by atoms with Gasteiger partial charge >= 0.3 is 0 Å². The lowest BCUT2D eigenvalue weighted by molar-refractivity contribution is -0.115. The molecule has 0 bridgehead atoms. The molecule has 0 aliphatic carbocycles. The van der Waals surface area contributed by atoms with Crippen LogP contribution in [0.4, 0.5) is 0 Å². The largest absolute Gasteiger partial charge is 0.394 e. The topological polar surface area (TPSA) is 74.6 Å². The van der Waals surface area contributed by atoms with E-state index in [4.69, 9.17) is 5.11 Å². The molecule has 1 fully saturated rings. The number of hydrogen-bond donors (Lipinski definition) is 2. The van der Waals surface area contributed by atoms with Gasteiger partial charge in [-0.1, -0.05) is 12.1 Å². The van der Waals surface area contributed by atoms with E-state index >= 15 is 0 Å². The summed E-state index contributed by atoms with van der Waals surface area (Å²) in [6, 6.07) is 9.72. The Hall–Kier alpha value is -2.18. The number of carbonyl (C=O) groups excluding carboxylic acids is 1. The molecule has 1 aromatic heterocycles. The Balaban J connectivity index is 1.88. The Bertz CT molecular complexity index is 755. The van der Waals surface area contributed by atoms with Crippen LogP contribution in [0.3, 0.4) is 0 Å². The predicted molar refractivity (Wildman–Crippen MR) is 84.8 cm³/mol. The van der Waals surface area contributed by atoms with E-state index in [1.54, 1.807) is 6.20 Å². The highest BCUT2D eigenvalue weighted by Gasteiger charge is 2.23. The van der Waals surface area contributed by atoms with Crippen molar-refractivity contribution in [1.29, 1.82) is 0 Å². The van der Waals surface area contributed by atoms with Crippen LogP contribution in [0.2, 0.25) is 0 Å². The minimum Gasteiger partial charge on any atom is -0.394 e. The normalized spacial score (nSPS) is 18.6. The van der Waals surface area contributed by atoms with Crippen LogP contribution in [-0.4, -0.2) is 34.3 Å². The Morgan fingerprint density at radius 2 is 2.29 bits per heavy atom. The third-order valence-electron chi connectivity index (χ3n) is 2.93. The maximum atomic E-state index is 11.9. The second kappa shape index (κ2) is 6.07. The molecule has 1 aliphatic heterocycles. The van der Waals surface area contributed by atoms with Gasteiger partial charge in [0.1, 0.15) is 0 Å². The van der Waals surface area contributed by atoms with Gasteiger partial charge in [0.25, 0.3) is 5.91 Å². The van der Waals surface area contributed by atoms with Crippen molar-refractivity contribution in [1.82, 2.24) is 10.3 Å². The molecule has 1 aliphatic rings. The van der Waals surface area contributed by atoms with Crippen molar-refractivity contribution in [3.8, 4) is 0 Å². The van der Waals surface area contributed by atoms with Gasteiger partial charge in [-0.3, -0.25) is 14.8 Å². The van der Waals surface area contributed by atoms with Crippen LogP contribution in [0.15, 0.2) is 46.4 Å². The number of amides is 1. The zero-order chi connectivity index (χ0) is 14.7. The van der Waals surface area contributed by atoms with Crippen LogP contribution >= 0.6 is 11.8 Å². The molecule has 106 valence electrons. The van der Waals surface area contributed by atoms with E-state index in [1.807, 2.05) is 36.4 Å². The quantitative estimate of drug-likeness (QED) is 0.847. The number of nitrogens with zero attached hydrogens (tertiary/aromatic N) is 2. The van der Waals surface area contributed by atoms with Gasteiger partial charge in [-0.2, -0.15) is 0 Å². The fourth-order valence-corrected chi connectivity index (χ4v) is 2.83. The Kier molecular flexibility index (Phi) is 3.98. The number of amidine groups is 1. The summed E-state index contributed by atoms with van der Waals surface area (Å²) in [5, 5.41) is 13.0. The molecule has 6 heteroatoms. The SMILES string of the molecule is O=C1NC(=NCCO)SC1=Cc1ccc2ncccc2c1. The Labute approximate surface area is 125 Å². The van der Waals surface area contributed by atoms with Crippen molar-refractivity contribution in [2.24, 2.45) is 4.99 Å². The minimum absolute atomic E-state index is 0.0311. The molecule has 1 saturated heterocycles. The highest BCUT2D eigenvalue weighted by molar-refractivity contribution is 8.18. The van der Waals surface area contributed by atoms with E-state index in [1.165, 1.54) is 11.8 Å². The number of aliphatic hydroxyl groups excluding tert-OH is 1. The first-order valence-electron chi connectivity index (χ1n) is 6.47. The molecular weight excluding hydrogens is 286 g/mol. The monoisotopic (exact) mass is 299 g/mol. The van der Waals surface area contributed by atoms with Crippen LogP contribution in [0, 0.1) is 0 Å². The molecule has 2 heterocycles. The molecular formula is C15H13N3O2S. The molecule has 0 saturated carbocycles. The first-order valence-corrected chi connectivity index (χ1v) is 7.29. The van der Waals surface area contributed by atoms with Crippen LogP contribution in [0.1, 0.15) is 5.56 Å². The van der Waals surface area contributed by atoms with Crippen LogP contribution in [0.5, 0.6) is 0 Å². The Morgan fingerprint density at radius 3 is 3.14 bits per heavy atom. The lowest BCUT2D eigenvalue weighted by atomic mass is 10.1. The summed E-state index contributed by atoms with van der Waals surface area (Å²) in [6.07, 6.45) is 3.58. The van der Waals surface area contributed by atoms with Gasteiger partial charge in [0, 0.05) is 11.6 Å². The molecule has 3 rings (SSSR count). The number of aromatic nitrogens is 1. The van der Waals surface area contributed by atoms with E-state index in [9.17, 15) is 4.79 Å². The van der Waals surface area contributed by atoms with Gasteiger partial charge in [0.05, 0.1) is 23.6 Å². The highest BCUT2D eigenvalue weighted by atomic mass is 32.2. The lowest BCUT2D eigenvalue weighted by Gasteiger charge is -1.99. The second-order valence-electron chi connectivity index (χ2n) is 4.43. The summed E-state index contributed by atoms with van der Waals surface area (Å²) >= 11 is 1.28. The molecule has 1 amide bonds. The van der Waals surface area contributed by atoms with Crippen LogP contribution < -0.4 is 5.32 Å². The number of nitrogens with one attached hydrogen (secondary N) is 1. The summed E-state index contributed by atoms with van der Waals surface area (Å²) in [5.74, 6) is -0.164. The number of rotatable bonds is 3. The van der Waals surface area contributed by atoms with Crippen LogP contribution in [-0.2, 0) is 4.79 Å². The zero-order valence-corrected chi connectivity index (χ0v) is 11.9. The molecule has 0 spiro atoms. The summed E-state index contributed by atoms with van der Waals surface area (Å²) in [4.78, 5) is 20.8. The predicted octanol–water partition coefficient (Wildman–Crippen LogP) is 1.79. The standard InChI is InChI=1S/C15H13N3O2S/c19-7-6-17-15-18-14(20)13(21-15)9-10-3-4-12-11(8-10)2-1-5-16-12/h1-5,8-9,19H,6-7H2,(H,17,18,20). The van der Waals surface area contributed by atoms with Crippen molar-refractivity contribution in [3.63, 3.8) is 0 Å². The van der Waals surface area contributed by atoms with Gasteiger partial charge in [-0.15, -0.1) is 0 Å². The second-order valence-corrected chi connectivity index (χ2v) is 5.46. The number of thioether (sulfide) groups is 1. The van der Waals surface area contributed by atoms with Crippen LogP contribution in [0.25, 0.3) is 17.0 Å². The number of aliphatic imine (C=N–C) groups is 1. The summed E-state index contributed by atoms with van der Waals surface area (Å²) in [7, 11) is 0. The van der Waals surface area contributed by atoms with Crippen molar-refractivity contribution in [2.75, 3.05) is 13.2 Å². The number of fused-ring (bicyclic) bond motifs is 1. The average molecular weight is 299 g/mol. The van der Waals surface area contributed by atoms with Gasteiger partial charge in [0.15, 0.2) is 5.17 Å². The van der Waals surface area contributed by atoms with Crippen molar-refractivity contribution >= 4 is 39.8 Å². The molecule has 5 nitrogen and oxygen atoms in total. The maximum absolute atomic E-state index is 11.9. The van der Waals surface area contributed by atoms with Crippen molar-refractivity contribution in [2.45, 2.75) is 0 Å². The van der Waals surface area contributed by atoms with E-state index in [0.717, 1.165) is 16.5 Å². The fraction of sp³-hybridized carbons (Fsp3) is 0.133. The van der Waals surface area contributed by atoms with E-state index in [2.05, 4.69) is 15.3 Å². The van der Waals surface area contributed by atoms with Gasteiger partial charge in [0.2, 0.25) is 0 Å². The lowest BCUT2D eigenvalue weighted by Crippen LogP contribution is -2.20. The third kappa shape index (κ3) is 3.12. The molecule has 2 aromatic rings. The first kappa shape index (κ1) is 13.8. The molecule has 21 heavy (non-hydrogen) atoms. The number of carbonyl (C=O) groups is 1. The van der Waals surface area contributed by atoms with Gasteiger partial charge < -0.3 is 10.4 Å². The maximum Gasteiger partial charge on any atom is 0.264 e. The van der Waals surface area contributed by atoms with Crippen molar-refractivity contribution < 1.29 is 9.90 Å². The molecule has 0 radical (unpaired) electrons. The number of benzene rings is 1. The van der Waals surface area contributed by atoms with Gasteiger partial charge in [-0.25, -0.2) is 0 Å².